The van der Waals surface area contributed by atoms with Crippen molar-refractivity contribution in [3.05, 3.63) is 64.1 Å². The molecule has 0 N–H and O–H groups in total. The van der Waals surface area contributed by atoms with Gasteiger partial charge in [-0.1, -0.05) is 46.3 Å². The number of rotatable bonds is 4. The number of hydrogen-bond acceptors (Lipinski definition) is 3. The van der Waals surface area contributed by atoms with Crippen LogP contribution in [0.4, 0.5) is 5.69 Å². The fourth-order valence-corrected chi connectivity index (χ4v) is 6.19. The zero-order valence-electron chi connectivity index (χ0n) is 16.4. The molecule has 1 atom stereocenters. The zero-order valence-corrected chi connectivity index (χ0v) is 18.8. The molecule has 7 heteroatoms. The summed E-state index contributed by atoms with van der Waals surface area (Å²) in [6, 6.07) is 15.6. The van der Waals surface area contributed by atoms with Gasteiger partial charge in [0.1, 0.15) is 0 Å². The lowest BCUT2D eigenvalue weighted by Crippen LogP contribution is -2.46. The van der Waals surface area contributed by atoms with Crippen molar-refractivity contribution in [1.82, 2.24) is 4.31 Å². The molecular formula is C22H25BrN2O3S. The van der Waals surface area contributed by atoms with Crippen molar-refractivity contribution >= 4 is 37.5 Å². The number of sulfonamides is 1. The van der Waals surface area contributed by atoms with E-state index in [9.17, 15) is 13.2 Å². The molecule has 29 heavy (non-hydrogen) atoms. The molecule has 0 saturated carbocycles. The first-order valence-corrected chi connectivity index (χ1v) is 12.4. The predicted octanol–water partition coefficient (Wildman–Crippen LogP) is 3.97. The summed E-state index contributed by atoms with van der Waals surface area (Å²) >= 11 is 3.37. The molecule has 2 aromatic rings. The van der Waals surface area contributed by atoms with Crippen LogP contribution in [0.1, 0.15) is 30.9 Å². The summed E-state index contributed by atoms with van der Waals surface area (Å²) in [6.07, 6.45) is 2.02. The van der Waals surface area contributed by atoms with Gasteiger partial charge < -0.3 is 4.90 Å². The molecule has 1 fully saturated rings. The number of fused-ring (bicyclic) bond motifs is 1. The number of benzene rings is 2. The highest BCUT2D eigenvalue weighted by Gasteiger charge is 2.37. The maximum absolute atomic E-state index is 13.2. The number of carbonyl (C=O) groups is 1. The molecule has 1 saturated heterocycles. The Hall–Kier alpha value is -1.70. The van der Waals surface area contributed by atoms with Gasteiger partial charge in [-0.05, 0) is 55.5 Å². The molecule has 2 aromatic carbocycles. The molecule has 154 valence electrons. The number of hydrogen-bond donors (Lipinski definition) is 0. The third-order valence-electron chi connectivity index (χ3n) is 5.90. The normalized spacial score (nSPS) is 20.6. The number of piperidine rings is 1. The Balaban J connectivity index is 1.40. The van der Waals surface area contributed by atoms with Gasteiger partial charge in [0, 0.05) is 35.2 Å². The van der Waals surface area contributed by atoms with Crippen molar-refractivity contribution in [3.63, 3.8) is 0 Å². The summed E-state index contributed by atoms with van der Waals surface area (Å²) in [7, 11) is -3.38. The minimum Gasteiger partial charge on any atom is -0.309 e. The van der Waals surface area contributed by atoms with Crippen LogP contribution in [-0.2, 0) is 27.0 Å². The Morgan fingerprint density at radius 2 is 1.72 bits per heavy atom. The lowest BCUT2D eigenvalue weighted by molar-refractivity contribution is -0.123. The average molecular weight is 477 g/mol. The van der Waals surface area contributed by atoms with Gasteiger partial charge in [-0.15, -0.1) is 0 Å². The van der Waals surface area contributed by atoms with E-state index < -0.39 is 10.0 Å². The summed E-state index contributed by atoms with van der Waals surface area (Å²) < 4.78 is 28.1. The first-order chi connectivity index (χ1) is 13.8. The van der Waals surface area contributed by atoms with Gasteiger partial charge >= 0.3 is 0 Å². The van der Waals surface area contributed by atoms with Crippen molar-refractivity contribution in [2.24, 2.45) is 5.92 Å². The molecule has 1 amide bonds. The third kappa shape index (κ3) is 4.27. The van der Waals surface area contributed by atoms with Crippen LogP contribution in [0, 0.1) is 5.92 Å². The highest BCUT2D eigenvalue weighted by molar-refractivity contribution is 9.10. The molecule has 4 rings (SSSR count). The van der Waals surface area contributed by atoms with Crippen LogP contribution in [0.25, 0.3) is 0 Å². The standard InChI is InChI=1S/C22H25BrN2O3S/c1-16-14-19-4-2-3-5-21(19)25(16)22(26)18-10-12-24(13-11-18)29(27,28)15-17-6-8-20(23)9-7-17/h2-9,16,18H,10-15H2,1H3/t16-/m1/s1. The summed E-state index contributed by atoms with van der Waals surface area (Å²) in [6.45, 7) is 2.88. The van der Waals surface area contributed by atoms with Crippen molar-refractivity contribution in [1.29, 1.82) is 0 Å². The van der Waals surface area contributed by atoms with Crippen molar-refractivity contribution in [2.75, 3.05) is 18.0 Å². The van der Waals surface area contributed by atoms with Gasteiger partial charge in [-0.2, -0.15) is 0 Å². The van der Waals surface area contributed by atoms with Crippen LogP contribution in [-0.4, -0.2) is 37.8 Å². The molecule has 2 aliphatic heterocycles. The lowest BCUT2D eigenvalue weighted by atomic mass is 9.96. The van der Waals surface area contributed by atoms with Crippen LogP contribution < -0.4 is 4.90 Å². The molecule has 5 nitrogen and oxygen atoms in total. The van der Waals surface area contributed by atoms with Crippen molar-refractivity contribution < 1.29 is 13.2 Å². The Bertz CT molecular complexity index is 999. The zero-order chi connectivity index (χ0) is 20.6. The van der Waals surface area contributed by atoms with E-state index in [2.05, 4.69) is 28.9 Å². The van der Waals surface area contributed by atoms with Gasteiger partial charge in [0.2, 0.25) is 15.9 Å². The second-order valence-electron chi connectivity index (χ2n) is 7.95. The Labute approximate surface area is 180 Å². The van der Waals surface area contributed by atoms with E-state index in [0.29, 0.717) is 25.9 Å². The summed E-state index contributed by atoms with van der Waals surface area (Å²) in [4.78, 5) is 15.1. The van der Waals surface area contributed by atoms with E-state index in [4.69, 9.17) is 0 Å². The topological polar surface area (TPSA) is 57.7 Å². The van der Waals surface area contributed by atoms with Crippen molar-refractivity contribution in [2.45, 2.75) is 38.0 Å². The summed E-state index contributed by atoms with van der Waals surface area (Å²) in [5, 5.41) is 0. The average Bonchev–Trinajstić information content (AvgIpc) is 3.05. The molecule has 2 heterocycles. The van der Waals surface area contributed by atoms with Gasteiger partial charge in [0.15, 0.2) is 0 Å². The molecule has 0 bridgehead atoms. The number of nitrogens with zero attached hydrogens (tertiary/aromatic N) is 2. The second-order valence-corrected chi connectivity index (χ2v) is 10.8. The summed E-state index contributed by atoms with van der Waals surface area (Å²) in [5.41, 5.74) is 2.99. The number of carbonyl (C=O) groups excluding carboxylic acids is 1. The molecular weight excluding hydrogens is 452 g/mol. The van der Waals surface area contributed by atoms with Crippen molar-refractivity contribution in [3.8, 4) is 0 Å². The van der Waals surface area contributed by atoms with E-state index in [1.165, 1.54) is 5.56 Å². The molecule has 0 unspecified atom stereocenters. The van der Waals surface area contributed by atoms with E-state index in [1.807, 2.05) is 47.4 Å². The number of anilines is 1. The van der Waals surface area contributed by atoms with E-state index in [0.717, 1.165) is 22.1 Å². The Morgan fingerprint density at radius 3 is 2.41 bits per heavy atom. The second kappa shape index (κ2) is 8.20. The maximum Gasteiger partial charge on any atom is 0.230 e. The van der Waals surface area contributed by atoms with E-state index >= 15 is 0 Å². The Kier molecular flexibility index (Phi) is 5.82. The summed E-state index contributed by atoms with van der Waals surface area (Å²) in [5.74, 6) is 0.00486. The molecule has 0 radical (unpaired) electrons. The fraction of sp³-hybridized carbons (Fsp3) is 0.409. The van der Waals surface area contributed by atoms with Crippen LogP contribution >= 0.6 is 15.9 Å². The van der Waals surface area contributed by atoms with Gasteiger partial charge in [0.05, 0.1) is 5.75 Å². The molecule has 2 aliphatic rings. The predicted molar refractivity (Wildman–Crippen MR) is 118 cm³/mol. The Morgan fingerprint density at radius 1 is 1.07 bits per heavy atom. The SMILES string of the molecule is C[C@@H]1Cc2ccccc2N1C(=O)C1CCN(S(=O)(=O)Cc2ccc(Br)cc2)CC1. The number of halogens is 1. The van der Waals surface area contributed by atoms with Crippen LogP contribution in [0.3, 0.4) is 0 Å². The number of para-hydroxylation sites is 1. The third-order valence-corrected chi connectivity index (χ3v) is 8.28. The highest BCUT2D eigenvalue weighted by atomic mass is 79.9. The molecule has 0 aromatic heterocycles. The first-order valence-electron chi connectivity index (χ1n) is 9.98. The van der Waals surface area contributed by atoms with Crippen LogP contribution in [0.15, 0.2) is 53.0 Å². The van der Waals surface area contributed by atoms with Crippen LogP contribution in [0.5, 0.6) is 0 Å². The minimum absolute atomic E-state index is 0.00454. The number of amides is 1. The maximum atomic E-state index is 13.2. The smallest absolute Gasteiger partial charge is 0.230 e. The lowest BCUT2D eigenvalue weighted by Gasteiger charge is -2.34. The molecule has 0 spiro atoms. The first kappa shape index (κ1) is 20.6. The highest BCUT2D eigenvalue weighted by Crippen LogP contribution is 2.35. The van der Waals surface area contributed by atoms with E-state index in [1.54, 1.807) is 4.31 Å². The largest absolute Gasteiger partial charge is 0.309 e. The monoisotopic (exact) mass is 476 g/mol. The minimum atomic E-state index is -3.38. The fourth-order valence-electron chi connectivity index (χ4n) is 4.36. The van der Waals surface area contributed by atoms with Gasteiger partial charge in [0.25, 0.3) is 0 Å². The quantitative estimate of drug-likeness (QED) is 0.670. The van der Waals surface area contributed by atoms with E-state index in [-0.39, 0.29) is 23.6 Å². The van der Waals surface area contributed by atoms with Crippen LogP contribution in [0.2, 0.25) is 0 Å². The van der Waals surface area contributed by atoms with Gasteiger partial charge in [-0.25, -0.2) is 12.7 Å². The molecule has 0 aliphatic carbocycles. The van der Waals surface area contributed by atoms with Gasteiger partial charge in [-0.3, -0.25) is 4.79 Å².